The molecule has 0 saturated carbocycles. The molecule has 0 saturated heterocycles. The summed E-state index contributed by atoms with van der Waals surface area (Å²) in [5, 5.41) is 0. The van der Waals surface area contributed by atoms with E-state index < -0.39 is 0 Å². The van der Waals surface area contributed by atoms with Gasteiger partial charge in [-0.3, -0.25) is 0 Å². The number of fused-ring (bicyclic) bond motifs is 2. The van der Waals surface area contributed by atoms with E-state index in [2.05, 4.69) is 134 Å². The Labute approximate surface area is 192 Å². The van der Waals surface area contributed by atoms with Crippen molar-refractivity contribution in [1.29, 1.82) is 0 Å². The number of aryl methyl sites for hydroxylation is 1. The molecule has 32 heavy (non-hydrogen) atoms. The van der Waals surface area contributed by atoms with E-state index in [-0.39, 0.29) is 12.3 Å². The van der Waals surface area contributed by atoms with Crippen LogP contribution in [0.5, 0.6) is 0 Å². The minimum atomic E-state index is 0.187. The Hall–Kier alpha value is -3.34. The fourth-order valence-corrected chi connectivity index (χ4v) is 5.31. The normalized spacial score (nSPS) is 16.1. The van der Waals surface area contributed by atoms with Gasteiger partial charge in [0.25, 0.3) is 0 Å². The monoisotopic (exact) mass is 427 g/mol. The first-order chi connectivity index (χ1) is 15.3. The molecule has 2 heterocycles. The average Bonchev–Trinajstić information content (AvgIpc) is 3.17. The molecule has 0 aliphatic carbocycles. The average molecular weight is 428 g/mol. The number of anilines is 5. The molecule has 5 nitrogen and oxygen atoms in total. The second-order valence-electron chi connectivity index (χ2n) is 9.42. The van der Waals surface area contributed by atoms with Crippen molar-refractivity contribution < 1.29 is 0 Å². The fraction of sp³-hybridized carbons (Fsp3) is 0.333. The van der Waals surface area contributed by atoms with Gasteiger partial charge in [0, 0.05) is 48.0 Å². The minimum absolute atomic E-state index is 0.187. The number of rotatable bonds is 3. The van der Waals surface area contributed by atoms with Gasteiger partial charge in [0.05, 0.1) is 22.7 Å². The van der Waals surface area contributed by atoms with Crippen LogP contribution >= 0.6 is 0 Å². The zero-order chi connectivity index (χ0) is 22.7. The molecule has 0 amide bonds. The summed E-state index contributed by atoms with van der Waals surface area (Å²) in [6.45, 7) is 2.14. The molecule has 5 rings (SSSR count). The number of hydrogen-bond donors (Lipinski definition) is 0. The second-order valence-corrected chi connectivity index (χ2v) is 9.42. The van der Waals surface area contributed by atoms with Gasteiger partial charge in [0.2, 0.25) is 0 Å². The molecule has 0 aromatic heterocycles. The molecule has 2 aliphatic rings. The largest absolute Gasteiger partial charge is 0.378 e. The van der Waals surface area contributed by atoms with Crippen LogP contribution in [0.25, 0.3) is 0 Å². The van der Waals surface area contributed by atoms with Crippen LogP contribution in [0.1, 0.15) is 29.0 Å². The molecule has 0 bridgehead atoms. The third-order valence-corrected chi connectivity index (χ3v) is 7.14. The van der Waals surface area contributed by atoms with Crippen LogP contribution in [-0.2, 0) is 0 Å². The summed E-state index contributed by atoms with van der Waals surface area (Å²) < 4.78 is 0. The van der Waals surface area contributed by atoms with Crippen LogP contribution in [-0.4, -0.2) is 42.3 Å². The van der Waals surface area contributed by atoms with Gasteiger partial charge in [-0.1, -0.05) is 42.0 Å². The highest BCUT2D eigenvalue weighted by Gasteiger charge is 2.38. The lowest BCUT2D eigenvalue weighted by Crippen LogP contribution is -2.31. The van der Waals surface area contributed by atoms with E-state index in [9.17, 15) is 0 Å². The van der Waals surface area contributed by atoms with Crippen molar-refractivity contribution in [3.05, 3.63) is 77.4 Å². The molecule has 0 atom stereocenters. The summed E-state index contributed by atoms with van der Waals surface area (Å²) in [6.07, 6.45) is 0.394. The molecule has 0 spiro atoms. The van der Waals surface area contributed by atoms with Crippen molar-refractivity contribution in [3.8, 4) is 0 Å². The van der Waals surface area contributed by atoms with E-state index in [1.54, 1.807) is 0 Å². The Balaban J connectivity index is 1.50. The number of hydrogen-bond acceptors (Lipinski definition) is 5. The molecule has 2 aliphatic heterocycles. The summed E-state index contributed by atoms with van der Waals surface area (Å²) in [4.78, 5) is 11.7. The predicted molar refractivity (Wildman–Crippen MR) is 137 cm³/mol. The van der Waals surface area contributed by atoms with E-state index in [0.717, 1.165) is 0 Å². The summed E-state index contributed by atoms with van der Waals surface area (Å²) in [5.74, 6) is 0. The molecule has 3 aromatic rings. The summed E-state index contributed by atoms with van der Waals surface area (Å²) >= 11 is 0. The predicted octanol–water partition coefficient (Wildman–Crippen LogP) is 5.23. The topological polar surface area (TPSA) is 16.2 Å². The molecule has 3 aromatic carbocycles. The molecule has 0 unspecified atom stereocenters. The summed E-state index contributed by atoms with van der Waals surface area (Å²) in [6, 6.07) is 22.5. The smallest absolute Gasteiger partial charge is 0.128 e. The lowest BCUT2D eigenvalue weighted by molar-refractivity contribution is 0.688. The molecule has 5 heteroatoms. The van der Waals surface area contributed by atoms with Crippen LogP contribution in [0.15, 0.2) is 60.7 Å². The van der Waals surface area contributed by atoms with Crippen molar-refractivity contribution in [3.63, 3.8) is 0 Å². The van der Waals surface area contributed by atoms with Gasteiger partial charge in [-0.05, 0) is 42.3 Å². The van der Waals surface area contributed by atoms with Crippen molar-refractivity contribution >= 4 is 28.4 Å². The van der Waals surface area contributed by atoms with Gasteiger partial charge in [0.15, 0.2) is 0 Å². The third kappa shape index (κ3) is 2.99. The standard InChI is InChI=1S/C27H33N5/c1-18-8-10-19(11-9-18)26-29(4)22-16-24-25(17-23(22)30(26)5)32(7)27(31(24)6)20-12-14-21(15-13-20)28(2)3/h8-17,26-27H,1-7H3. The Bertz CT molecular complexity index is 1090. The minimum Gasteiger partial charge on any atom is -0.378 e. The molecule has 166 valence electrons. The van der Waals surface area contributed by atoms with Crippen molar-refractivity contribution in [2.24, 2.45) is 0 Å². The third-order valence-electron chi connectivity index (χ3n) is 7.14. The van der Waals surface area contributed by atoms with Crippen LogP contribution < -0.4 is 24.5 Å². The van der Waals surface area contributed by atoms with Gasteiger partial charge in [-0.25, -0.2) is 0 Å². The lowest BCUT2D eigenvalue weighted by Gasteiger charge is -2.30. The molecular formula is C27H33N5. The highest BCUT2D eigenvalue weighted by atomic mass is 15.4. The molecule has 0 fully saturated rings. The second kappa shape index (κ2) is 7.37. The van der Waals surface area contributed by atoms with Crippen LogP contribution in [0.3, 0.4) is 0 Å². The first-order valence-corrected chi connectivity index (χ1v) is 11.2. The van der Waals surface area contributed by atoms with Crippen LogP contribution in [0, 0.1) is 6.92 Å². The van der Waals surface area contributed by atoms with Gasteiger partial charge in [0.1, 0.15) is 12.3 Å². The van der Waals surface area contributed by atoms with Crippen molar-refractivity contribution in [2.75, 3.05) is 66.8 Å². The van der Waals surface area contributed by atoms with E-state index in [4.69, 9.17) is 0 Å². The van der Waals surface area contributed by atoms with Gasteiger partial charge >= 0.3 is 0 Å². The van der Waals surface area contributed by atoms with Gasteiger partial charge in [-0.15, -0.1) is 0 Å². The zero-order valence-corrected chi connectivity index (χ0v) is 20.2. The number of benzene rings is 3. The van der Waals surface area contributed by atoms with Crippen LogP contribution in [0.4, 0.5) is 28.4 Å². The first kappa shape index (κ1) is 20.6. The van der Waals surface area contributed by atoms with Crippen molar-refractivity contribution in [1.82, 2.24) is 0 Å². The maximum absolute atomic E-state index is 2.40. The Kier molecular flexibility index (Phi) is 4.73. The van der Waals surface area contributed by atoms with Gasteiger partial charge < -0.3 is 24.5 Å². The Morgan fingerprint density at radius 3 is 1.25 bits per heavy atom. The Morgan fingerprint density at radius 2 is 0.906 bits per heavy atom. The Morgan fingerprint density at radius 1 is 0.562 bits per heavy atom. The van der Waals surface area contributed by atoms with E-state index >= 15 is 0 Å². The number of nitrogens with zero attached hydrogens (tertiary/aromatic N) is 5. The highest BCUT2D eigenvalue weighted by molar-refractivity contribution is 5.91. The van der Waals surface area contributed by atoms with E-state index in [1.165, 1.54) is 45.1 Å². The maximum Gasteiger partial charge on any atom is 0.128 e. The maximum atomic E-state index is 2.40. The molecule has 0 N–H and O–H groups in total. The SMILES string of the molecule is Cc1ccc(C2N(C)c3cc4c(cc3N2C)N(C)C(c2ccc(N(C)C)cc2)N4C)cc1. The fourth-order valence-electron chi connectivity index (χ4n) is 5.31. The molecular weight excluding hydrogens is 394 g/mol. The van der Waals surface area contributed by atoms with E-state index in [0.29, 0.717) is 0 Å². The zero-order valence-electron chi connectivity index (χ0n) is 20.2. The summed E-state index contributed by atoms with van der Waals surface area (Å²) in [7, 11) is 13.0. The van der Waals surface area contributed by atoms with Gasteiger partial charge in [-0.2, -0.15) is 0 Å². The first-order valence-electron chi connectivity index (χ1n) is 11.2. The lowest BCUT2D eigenvalue weighted by atomic mass is 10.1. The van der Waals surface area contributed by atoms with E-state index in [1.807, 2.05) is 0 Å². The summed E-state index contributed by atoms with van der Waals surface area (Å²) in [5.41, 5.74) is 10.2. The quantitative estimate of drug-likeness (QED) is 0.567. The highest BCUT2D eigenvalue weighted by Crippen LogP contribution is 2.53. The van der Waals surface area contributed by atoms with Crippen LogP contribution in [0.2, 0.25) is 0 Å². The molecule has 0 radical (unpaired) electrons. The van der Waals surface area contributed by atoms with Crippen molar-refractivity contribution in [2.45, 2.75) is 19.3 Å².